The van der Waals surface area contributed by atoms with Crippen LogP contribution in [0.4, 0.5) is 0 Å². The predicted molar refractivity (Wildman–Crippen MR) is 66.1 cm³/mol. The number of halogens is 1. The summed E-state index contributed by atoms with van der Waals surface area (Å²) in [6.45, 7) is 0.665. The van der Waals surface area contributed by atoms with Crippen LogP contribution in [0.15, 0.2) is 28.1 Å². The minimum atomic E-state index is -3.60. The van der Waals surface area contributed by atoms with Gasteiger partial charge < -0.3 is 0 Å². The average molecular weight is 335 g/mol. The predicted octanol–water partition coefficient (Wildman–Crippen LogP) is -0.247. The van der Waals surface area contributed by atoms with Crippen LogP contribution >= 0.6 is 15.9 Å². The third kappa shape index (κ3) is 3.15. The second-order valence-corrected chi connectivity index (χ2v) is 6.18. The van der Waals surface area contributed by atoms with E-state index in [0.717, 1.165) is 4.47 Å². The van der Waals surface area contributed by atoms with Crippen LogP contribution in [0.5, 0.6) is 0 Å². The van der Waals surface area contributed by atoms with Gasteiger partial charge in [-0.05, 0) is 15.9 Å². The Morgan fingerprint density at radius 3 is 2.78 bits per heavy atom. The van der Waals surface area contributed by atoms with Crippen molar-refractivity contribution >= 4 is 26.0 Å². The first-order chi connectivity index (χ1) is 8.47. The standard InChI is InChI=1S/C8H11BrN6O2S/c1-14-6-8(12-13-14)18(16,17)11-2-3-15-5-7(9)4-10-15/h4-6,11H,2-3H2,1H3. The van der Waals surface area contributed by atoms with Crippen molar-refractivity contribution < 1.29 is 8.42 Å². The molecule has 1 N–H and O–H groups in total. The van der Waals surface area contributed by atoms with Crippen molar-refractivity contribution in [3.8, 4) is 0 Å². The molecule has 0 saturated carbocycles. The van der Waals surface area contributed by atoms with Gasteiger partial charge in [0.2, 0.25) is 5.03 Å². The largest absolute Gasteiger partial charge is 0.270 e. The van der Waals surface area contributed by atoms with Crippen LogP contribution in [0.1, 0.15) is 0 Å². The summed E-state index contributed by atoms with van der Waals surface area (Å²) in [5.74, 6) is 0. The van der Waals surface area contributed by atoms with Crippen molar-refractivity contribution in [2.45, 2.75) is 11.6 Å². The zero-order valence-electron chi connectivity index (χ0n) is 9.49. The van der Waals surface area contributed by atoms with E-state index in [1.807, 2.05) is 0 Å². The number of aromatic nitrogens is 5. The molecule has 0 spiro atoms. The van der Waals surface area contributed by atoms with Gasteiger partial charge in [-0.2, -0.15) is 5.10 Å². The van der Waals surface area contributed by atoms with Gasteiger partial charge in [0.15, 0.2) is 0 Å². The van der Waals surface area contributed by atoms with E-state index in [0.29, 0.717) is 6.54 Å². The number of nitrogens with one attached hydrogen (secondary N) is 1. The number of nitrogens with zero attached hydrogens (tertiary/aromatic N) is 5. The molecule has 2 aromatic heterocycles. The quantitative estimate of drug-likeness (QED) is 0.813. The van der Waals surface area contributed by atoms with E-state index in [2.05, 4.69) is 36.1 Å². The van der Waals surface area contributed by atoms with Gasteiger partial charge in [0.25, 0.3) is 10.0 Å². The Morgan fingerprint density at radius 1 is 1.44 bits per heavy atom. The van der Waals surface area contributed by atoms with Gasteiger partial charge in [-0.25, -0.2) is 13.1 Å². The highest BCUT2D eigenvalue weighted by atomic mass is 79.9. The van der Waals surface area contributed by atoms with Crippen molar-refractivity contribution in [3.05, 3.63) is 23.1 Å². The Balaban J connectivity index is 1.93. The first-order valence-corrected chi connectivity index (χ1v) is 7.29. The minimum Gasteiger partial charge on any atom is -0.270 e. The summed E-state index contributed by atoms with van der Waals surface area (Å²) >= 11 is 3.26. The molecule has 18 heavy (non-hydrogen) atoms. The molecule has 0 radical (unpaired) electrons. The lowest BCUT2D eigenvalue weighted by atomic mass is 10.6. The summed E-state index contributed by atoms with van der Waals surface area (Å²) in [6.07, 6.45) is 4.74. The molecule has 2 heterocycles. The number of rotatable bonds is 5. The summed E-state index contributed by atoms with van der Waals surface area (Å²) in [5.41, 5.74) is 0. The van der Waals surface area contributed by atoms with Gasteiger partial charge in [-0.15, -0.1) is 5.10 Å². The lowest BCUT2D eigenvalue weighted by Gasteiger charge is -2.03. The molecule has 2 rings (SSSR count). The van der Waals surface area contributed by atoms with E-state index < -0.39 is 10.0 Å². The van der Waals surface area contributed by atoms with E-state index in [1.165, 1.54) is 10.9 Å². The monoisotopic (exact) mass is 334 g/mol. The second-order valence-electron chi connectivity index (χ2n) is 3.55. The van der Waals surface area contributed by atoms with E-state index in [9.17, 15) is 8.42 Å². The van der Waals surface area contributed by atoms with Crippen molar-refractivity contribution in [3.63, 3.8) is 0 Å². The van der Waals surface area contributed by atoms with Gasteiger partial charge in [-0.1, -0.05) is 5.21 Å². The molecule has 0 fully saturated rings. The van der Waals surface area contributed by atoms with Gasteiger partial charge in [0.05, 0.1) is 23.4 Å². The third-order valence-corrected chi connectivity index (χ3v) is 3.82. The third-order valence-electron chi connectivity index (χ3n) is 2.09. The molecule has 0 atom stereocenters. The fourth-order valence-corrected chi connectivity index (χ4v) is 2.55. The van der Waals surface area contributed by atoms with Crippen LogP contribution in [-0.4, -0.2) is 39.7 Å². The highest BCUT2D eigenvalue weighted by Gasteiger charge is 2.17. The molecule has 0 unspecified atom stereocenters. The van der Waals surface area contributed by atoms with E-state index >= 15 is 0 Å². The summed E-state index contributed by atoms with van der Waals surface area (Å²) in [4.78, 5) is 0. The SMILES string of the molecule is Cn1cc(S(=O)(=O)NCCn2cc(Br)cn2)nn1. The van der Waals surface area contributed by atoms with Crippen LogP contribution in [0.3, 0.4) is 0 Å². The first kappa shape index (κ1) is 13.2. The van der Waals surface area contributed by atoms with Crippen LogP contribution in [0.25, 0.3) is 0 Å². The van der Waals surface area contributed by atoms with Gasteiger partial charge in [-0.3, -0.25) is 9.36 Å². The molecule has 10 heteroatoms. The van der Waals surface area contributed by atoms with Gasteiger partial charge in [0.1, 0.15) is 0 Å². The summed E-state index contributed by atoms with van der Waals surface area (Å²) in [6, 6.07) is 0. The average Bonchev–Trinajstić information content (AvgIpc) is 2.88. The van der Waals surface area contributed by atoms with Crippen molar-refractivity contribution in [2.75, 3.05) is 6.54 Å². The lowest BCUT2D eigenvalue weighted by molar-refractivity contribution is 0.557. The van der Waals surface area contributed by atoms with Gasteiger partial charge >= 0.3 is 0 Å². The molecular formula is C8H11BrN6O2S. The summed E-state index contributed by atoms with van der Waals surface area (Å²) in [7, 11) is -2.00. The van der Waals surface area contributed by atoms with Gasteiger partial charge in [0, 0.05) is 19.8 Å². The highest BCUT2D eigenvalue weighted by molar-refractivity contribution is 9.10. The highest BCUT2D eigenvalue weighted by Crippen LogP contribution is 2.06. The number of hydrogen-bond donors (Lipinski definition) is 1. The second kappa shape index (κ2) is 5.16. The van der Waals surface area contributed by atoms with Crippen molar-refractivity contribution in [2.24, 2.45) is 7.05 Å². The van der Waals surface area contributed by atoms with E-state index in [4.69, 9.17) is 0 Å². The maximum atomic E-state index is 11.8. The van der Waals surface area contributed by atoms with Crippen molar-refractivity contribution in [1.82, 2.24) is 29.5 Å². The molecule has 0 aromatic carbocycles. The van der Waals surface area contributed by atoms with Crippen LogP contribution < -0.4 is 4.72 Å². The molecule has 0 bridgehead atoms. The lowest BCUT2D eigenvalue weighted by Crippen LogP contribution is -2.27. The minimum absolute atomic E-state index is 0.0911. The molecule has 0 aliphatic carbocycles. The maximum Gasteiger partial charge on any atom is 0.261 e. The summed E-state index contributed by atoms with van der Waals surface area (Å²) < 4.78 is 29.8. The zero-order valence-corrected chi connectivity index (χ0v) is 11.9. The van der Waals surface area contributed by atoms with Crippen LogP contribution in [0.2, 0.25) is 0 Å². The Labute approximate surface area is 112 Å². The maximum absolute atomic E-state index is 11.8. The van der Waals surface area contributed by atoms with Crippen molar-refractivity contribution in [1.29, 1.82) is 0 Å². The number of aryl methyl sites for hydroxylation is 1. The van der Waals surface area contributed by atoms with Crippen LogP contribution in [0, 0.1) is 0 Å². The fraction of sp³-hybridized carbons (Fsp3) is 0.375. The molecule has 0 amide bonds. The molecule has 98 valence electrons. The van der Waals surface area contributed by atoms with E-state index in [-0.39, 0.29) is 11.6 Å². The number of hydrogen-bond acceptors (Lipinski definition) is 5. The summed E-state index contributed by atoms with van der Waals surface area (Å²) in [5, 5.41) is 11.1. The normalized spacial score (nSPS) is 11.9. The first-order valence-electron chi connectivity index (χ1n) is 5.01. The van der Waals surface area contributed by atoms with Crippen LogP contribution in [-0.2, 0) is 23.6 Å². The molecule has 2 aromatic rings. The zero-order chi connectivity index (χ0) is 13.2. The molecular weight excluding hydrogens is 324 g/mol. The Bertz CT molecular complexity index is 634. The number of sulfonamides is 1. The molecule has 8 nitrogen and oxygen atoms in total. The molecule has 0 saturated heterocycles. The smallest absolute Gasteiger partial charge is 0.261 e. The Hall–Kier alpha value is -1.26. The molecule has 0 aliphatic rings. The van der Waals surface area contributed by atoms with E-state index in [1.54, 1.807) is 24.1 Å². The Kier molecular flexibility index (Phi) is 3.78. The Morgan fingerprint density at radius 2 is 2.22 bits per heavy atom. The topological polar surface area (TPSA) is 94.7 Å². The molecule has 0 aliphatic heterocycles. The fourth-order valence-electron chi connectivity index (χ4n) is 1.28.